The van der Waals surface area contributed by atoms with E-state index >= 15 is 0 Å². The van der Waals surface area contributed by atoms with Gasteiger partial charge in [0.2, 0.25) is 0 Å². The van der Waals surface area contributed by atoms with E-state index in [4.69, 9.17) is 5.73 Å². The van der Waals surface area contributed by atoms with Crippen molar-refractivity contribution < 1.29 is 4.39 Å². The van der Waals surface area contributed by atoms with E-state index in [1.807, 2.05) is 18.2 Å². The van der Waals surface area contributed by atoms with Gasteiger partial charge in [0.25, 0.3) is 0 Å². The Morgan fingerprint density at radius 3 is 2.53 bits per heavy atom. The van der Waals surface area contributed by atoms with Crippen LogP contribution < -0.4 is 5.73 Å². The molecule has 2 rings (SSSR count). The topological polar surface area (TPSA) is 43.8 Å². The van der Waals surface area contributed by atoms with Crippen molar-refractivity contribution in [2.45, 2.75) is 19.5 Å². The minimum absolute atomic E-state index is 0.588. The first-order chi connectivity index (χ1) is 7.88. The number of nitrogens with zero attached hydrogens (tertiary/aromatic N) is 2. The highest BCUT2D eigenvalue weighted by Crippen LogP contribution is 2.28. The van der Waals surface area contributed by atoms with Crippen molar-refractivity contribution in [2.75, 3.05) is 5.73 Å². The normalized spacial score (nSPS) is 11.8. The van der Waals surface area contributed by atoms with Crippen molar-refractivity contribution in [2.24, 2.45) is 7.05 Å². The summed E-state index contributed by atoms with van der Waals surface area (Å²) in [5.74, 6) is 0.588. The molecule has 0 aliphatic heterocycles. The van der Waals surface area contributed by atoms with E-state index in [0.29, 0.717) is 11.4 Å². The van der Waals surface area contributed by atoms with Gasteiger partial charge in [0.15, 0.2) is 0 Å². The van der Waals surface area contributed by atoms with E-state index in [0.717, 1.165) is 11.3 Å². The number of hydrogen-bond donors (Lipinski definition) is 1. The lowest BCUT2D eigenvalue weighted by molar-refractivity contribution is 0.221. The Morgan fingerprint density at radius 2 is 2.00 bits per heavy atom. The van der Waals surface area contributed by atoms with Crippen LogP contribution in [0.15, 0.2) is 30.3 Å². The molecule has 1 heterocycles. The predicted molar refractivity (Wildman–Crippen MR) is 67.2 cm³/mol. The molecule has 0 amide bonds. The van der Waals surface area contributed by atoms with Gasteiger partial charge in [-0.15, -0.1) is 0 Å². The molecule has 4 heteroatoms. The summed E-state index contributed by atoms with van der Waals surface area (Å²) in [7, 11) is 1.78. The molecule has 0 unspecified atom stereocenters. The van der Waals surface area contributed by atoms with Crippen LogP contribution in [0.2, 0.25) is 0 Å². The van der Waals surface area contributed by atoms with E-state index in [-0.39, 0.29) is 0 Å². The van der Waals surface area contributed by atoms with Crippen LogP contribution in [0.4, 0.5) is 10.2 Å². The fourth-order valence-electron chi connectivity index (χ4n) is 1.67. The Labute approximate surface area is 100 Å². The minimum atomic E-state index is -1.35. The molecule has 3 nitrogen and oxygen atoms in total. The van der Waals surface area contributed by atoms with Gasteiger partial charge in [0.05, 0.1) is 5.69 Å². The summed E-state index contributed by atoms with van der Waals surface area (Å²) in [6.45, 7) is 3.08. The number of rotatable bonds is 2. The van der Waals surface area contributed by atoms with Gasteiger partial charge < -0.3 is 5.73 Å². The van der Waals surface area contributed by atoms with Crippen LogP contribution in [-0.4, -0.2) is 9.78 Å². The van der Waals surface area contributed by atoms with Gasteiger partial charge >= 0.3 is 0 Å². The molecule has 0 saturated carbocycles. The van der Waals surface area contributed by atoms with Crippen molar-refractivity contribution in [1.82, 2.24) is 9.78 Å². The van der Waals surface area contributed by atoms with Crippen LogP contribution >= 0.6 is 0 Å². The average molecular weight is 233 g/mol. The van der Waals surface area contributed by atoms with Crippen LogP contribution in [0.3, 0.4) is 0 Å². The first-order valence-electron chi connectivity index (χ1n) is 5.47. The van der Waals surface area contributed by atoms with Crippen molar-refractivity contribution >= 4 is 5.82 Å². The third kappa shape index (κ3) is 2.30. The maximum atomic E-state index is 13.9. The monoisotopic (exact) mass is 233 g/mol. The average Bonchev–Trinajstić information content (AvgIpc) is 2.58. The van der Waals surface area contributed by atoms with Crippen LogP contribution in [0.5, 0.6) is 0 Å². The number of benzene rings is 1. The number of anilines is 1. The second-order valence-corrected chi connectivity index (χ2v) is 4.63. The van der Waals surface area contributed by atoms with Crippen LogP contribution in [-0.2, 0) is 12.7 Å². The molecule has 0 spiro atoms. The number of alkyl halides is 1. The van der Waals surface area contributed by atoms with Gasteiger partial charge in [0, 0.05) is 18.7 Å². The highest BCUT2D eigenvalue weighted by molar-refractivity contribution is 5.63. The third-order valence-corrected chi connectivity index (χ3v) is 2.76. The van der Waals surface area contributed by atoms with Crippen LogP contribution in [0.1, 0.15) is 19.4 Å². The second kappa shape index (κ2) is 3.87. The number of halogens is 1. The molecule has 0 aliphatic carbocycles. The highest BCUT2D eigenvalue weighted by Gasteiger charge is 2.19. The number of aryl methyl sites for hydroxylation is 1. The summed E-state index contributed by atoms with van der Waals surface area (Å²) in [6, 6.07) is 9.09. The molecule has 0 aliphatic rings. The van der Waals surface area contributed by atoms with Crippen molar-refractivity contribution in [1.29, 1.82) is 0 Å². The quantitative estimate of drug-likeness (QED) is 0.866. The molecule has 0 radical (unpaired) electrons. The SMILES string of the molecule is Cn1nc(-c2cccc(C(C)(C)F)c2)cc1N. The Morgan fingerprint density at radius 1 is 1.29 bits per heavy atom. The fraction of sp³-hybridized carbons (Fsp3) is 0.308. The first kappa shape index (κ1) is 11.6. The number of nitrogens with two attached hydrogens (primary N) is 1. The van der Waals surface area contributed by atoms with E-state index in [9.17, 15) is 4.39 Å². The van der Waals surface area contributed by atoms with E-state index in [1.54, 1.807) is 37.7 Å². The molecule has 2 N–H and O–H groups in total. The van der Waals surface area contributed by atoms with Gasteiger partial charge in [-0.2, -0.15) is 5.10 Å². The summed E-state index contributed by atoms with van der Waals surface area (Å²) < 4.78 is 15.5. The van der Waals surface area contributed by atoms with Gasteiger partial charge in [-0.3, -0.25) is 4.68 Å². The molecule has 0 fully saturated rings. The summed E-state index contributed by atoms with van der Waals surface area (Å²) >= 11 is 0. The first-order valence-corrected chi connectivity index (χ1v) is 5.47. The minimum Gasteiger partial charge on any atom is -0.384 e. The molecular weight excluding hydrogens is 217 g/mol. The highest BCUT2D eigenvalue weighted by atomic mass is 19.1. The molecule has 0 saturated heterocycles. The Bertz CT molecular complexity index is 518. The summed E-state index contributed by atoms with van der Waals surface area (Å²) in [4.78, 5) is 0. The largest absolute Gasteiger partial charge is 0.384 e. The molecule has 2 aromatic rings. The maximum Gasteiger partial charge on any atom is 0.130 e. The van der Waals surface area contributed by atoms with Gasteiger partial charge in [-0.25, -0.2) is 4.39 Å². The molecular formula is C13H16FN3. The van der Waals surface area contributed by atoms with Gasteiger partial charge in [-0.05, 0) is 25.5 Å². The lowest BCUT2D eigenvalue weighted by Gasteiger charge is -2.15. The predicted octanol–water partition coefficient (Wildman–Crippen LogP) is 2.87. The Kier molecular flexibility index (Phi) is 2.65. The summed E-state index contributed by atoms with van der Waals surface area (Å²) in [5.41, 5.74) is 6.65. The molecule has 0 bridgehead atoms. The maximum absolute atomic E-state index is 13.9. The van der Waals surface area contributed by atoms with Crippen molar-refractivity contribution in [3.8, 4) is 11.3 Å². The smallest absolute Gasteiger partial charge is 0.130 e. The second-order valence-electron chi connectivity index (χ2n) is 4.63. The lowest BCUT2D eigenvalue weighted by Crippen LogP contribution is -2.08. The van der Waals surface area contributed by atoms with Crippen molar-refractivity contribution in [3.63, 3.8) is 0 Å². The standard InChI is InChI=1S/C13H16FN3/c1-13(2,14)10-6-4-5-9(7-10)11-8-12(15)17(3)16-11/h4-8H,15H2,1-3H3. The van der Waals surface area contributed by atoms with Crippen LogP contribution in [0, 0.1) is 0 Å². The van der Waals surface area contributed by atoms with E-state index < -0.39 is 5.67 Å². The Balaban J connectivity index is 2.47. The molecule has 90 valence electrons. The third-order valence-electron chi connectivity index (χ3n) is 2.76. The van der Waals surface area contributed by atoms with Crippen molar-refractivity contribution in [3.05, 3.63) is 35.9 Å². The van der Waals surface area contributed by atoms with E-state index in [1.165, 1.54) is 0 Å². The molecule has 17 heavy (non-hydrogen) atoms. The zero-order chi connectivity index (χ0) is 12.6. The zero-order valence-electron chi connectivity index (χ0n) is 10.2. The fourth-order valence-corrected chi connectivity index (χ4v) is 1.67. The molecule has 1 aromatic carbocycles. The number of nitrogen functional groups attached to an aromatic ring is 1. The lowest BCUT2D eigenvalue weighted by atomic mass is 9.97. The summed E-state index contributed by atoms with van der Waals surface area (Å²) in [6.07, 6.45) is 0. The molecule has 0 atom stereocenters. The number of aromatic nitrogens is 2. The van der Waals surface area contributed by atoms with Gasteiger partial charge in [0.1, 0.15) is 11.5 Å². The summed E-state index contributed by atoms with van der Waals surface area (Å²) in [5, 5.41) is 4.27. The molecule has 1 aromatic heterocycles. The number of hydrogen-bond acceptors (Lipinski definition) is 2. The van der Waals surface area contributed by atoms with E-state index in [2.05, 4.69) is 5.10 Å². The van der Waals surface area contributed by atoms with Gasteiger partial charge in [-0.1, -0.05) is 18.2 Å². The van der Waals surface area contributed by atoms with Crippen LogP contribution in [0.25, 0.3) is 11.3 Å². The zero-order valence-corrected chi connectivity index (χ0v) is 10.2. The Hall–Kier alpha value is -1.84.